The van der Waals surface area contributed by atoms with Crippen molar-refractivity contribution in [2.24, 2.45) is 7.05 Å². The molecule has 1 aliphatic rings. The molecule has 2 aromatic rings. The van der Waals surface area contributed by atoms with Gasteiger partial charge in [-0.2, -0.15) is 4.98 Å². The van der Waals surface area contributed by atoms with Gasteiger partial charge in [0.25, 0.3) is 6.01 Å². The van der Waals surface area contributed by atoms with Crippen molar-refractivity contribution in [1.29, 1.82) is 0 Å². The molecule has 8 nitrogen and oxygen atoms in total. The molecule has 0 aliphatic heterocycles. The molecule has 2 aromatic heterocycles. The number of carbonyl (C=O) groups excluding carboxylic acids is 1. The first-order valence-electron chi connectivity index (χ1n) is 10.4. The molecule has 1 aliphatic carbocycles. The largest absolute Gasteiger partial charge is 0.475 e. The van der Waals surface area contributed by atoms with Crippen molar-refractivity contribution in [3.05, 3.63) is 12.3 Å². The summed E-state index contributed by atoms with van der Waals surface area (Å²) in [5.74, 6) is 0.562. The number of amides is 1. The summed E-state index contributed by atoms with van der Waals surface area (Å²) in [5, 5.41) is 2.84. The van der Waals surface area contributed by atoms with Gasteiger partial charge in [0, 0.05) is 26.1 Å². The van der Waals surface area contributed by atoms with Gasteiger partial charge in [0.05, 0.1) is 30.5 Å². The summed E-state index contributed by atoms with van der Waals surface area (Å²) >= 11 is 0. The number of nitrogens with zero attached hydrogens (tertiary/aromatic N) is 3. The Morgan fingerprint density at radius 3 is 2.59 bits per heavy atom. The highest BCUT2D eigenvalue weighted by molar-refractivity contribution is 5.76. The van der Waals surface area contributed by atoms with E-state index < -0.39 is 0 Å². The second kappa shape index (κ2) is 9.43. The number of aromatic nitrogens is 3. The minimum absolute atomic E-state index is 0.0275. The molecular formula is C21H32N4O4. The van der Waals surface area contributed by atoms with Crippen molar-refractivity contribution in [3.63, 3.8) is 0 Å². The Kier molecular flexibility index (Phi) is 6.95. The number of ether oxygens (including phenoxy) is 3. The van der Waals surface area contributed by atoms with E-state index in [4.69, 9.17) is 14.2 Å². The molecule has 3 rings (SSSR count). The van der Waals surface area contributed by atoms with Gasteiger partial charge in [0.2, 0.25) is 11.8 Å². The number of rotatable bonds is 8. The van der Waals surface area contributed by atoms with E-state index in [0.717, 1.165) is 36.7 Å². The first kappa shape index (κ1) is 21.4. The predicted octanol–water partition coefficient (Wildman–Crippen LogP) is 2.99. The monoisotopic (exact) mass is 404 g/mol. The van der Waals surface area contributed by atoms with E-state index in [2.05, 4.69) is 15.3 Å². The second-order valence-electron chi connectivity index (χ2n) is 8.08. The normalized spacial score (nSPS) is 20.6. The van der Waals surface area contributed by atoms with Crippen LogP contribution in [0.4, 0.5) is 0 Å². The van der Waals surface area contributed by atoms with Crippen LogP contribution in [0, 0.1) is 0 Å². The molecule has 1 atom stereocenters. The third kappa shape index (κ3) is 5.82. The van der Waals surface area contributed by atoms with E-state index in [0.29, 0.717) is 18.5 Å². The number of imidazole rings is 1. The summed E-state index contributed by atoms with van der Waals surface area (Å²) in [7, 11) is 1.95. The van der Waals surface area contributed by atoms with Crippen LogP contribution in [0.2, 0.25) is 0 Å². The maximum atomic E-state index is 11.1. The van der Waals surface area contributed by atoms with Crippen LogP contribution in [0.5, 0.6) is 11.9 Å². The van der Waals surface area contributed by atoms with Gasteiger partial charge in [-0.3, -0.25) is 9.36 Å². The Labute approximate surface area is 171 Å². The summed E-state index contributed by atoms with van der Waals surface area (Å²) in [6.45, 7) is 7.96. The highest BCUT2D eigenvalue weighted by Crippen LogP contribution is 2.28. The molecular weight excluding hydrogens is 372 g/mol. The number of fused-ring (bicyclic) bond motifs is 1. The van der Waals surface area contributed by atoms with Crippen molar-refractivity contribution in [2.75, 3.05) is 6.61 Å². The molecule has 0 spiro atoms. The van der Waals surface area contributed by atoms with Crippen LogP contribution in [0.3, 0.4) is 0 Å². The Morgan fingerprint density at radius 1 is 1.24 bits per heavy atom. The predicted molar refractivity (Wildman–Crippen MR) is 110 cm³/mol. The summed E-state index contributed by atoms with van der Waals surface area (Å²) in [6, 6.07) is 2.53. The molecule has 0 bridgehead atoms. The Bertz CT molecular complexity index is 827. The number of hydrogen-bond donors (Lipinski definition) is 1. The average Bonchev–Trinajstić information content (AvgIpc) is 2.96. The lowest BCUT2D eigenvalue weighted by Crippen LogP contribution is -2.37. The highest BCUT2D eigenvalue weighted by atomic mass is 16.5. The second-order valence-corrected chi connectivity index (χ2v) is 8.08. The van der Waals surface area contributed by atoms with Gasteiger partial charge in [0.1, 0.15) is 11.6 Å². The Hall–Kier alpha value is -2.35. The van der Waals surface area contributed by atoms with Crippen molar-refractivity contribution >= 4 is 16.9 Å². The lowest BCUT2D eigenvalue weighted by Gasteiger charge is -2.29. The van der Waals surface area contributed by atoms with E-state index in [9.17, 15) is 4.79 Å². The van der Waals surface area contributed by atoms with E-state index >= 15 is 0 Å². The summed E-state index contributed by atoms with van der Waals surface area (Å²) in [5.41, 5.74) is 1.73. The summed E-state index contributed by atoms with van der Waals surface area (Å²) in [6.07, 6.45) is 5.85. The Balaban J connectivity index is 1.53. The van der Waals surface area contributed by atoms with Gasteiger partial charge in [-0.05, 0) is 46.5 Å². The molecule has 0 aromatic carbocycles. The fourth-order valence-corrected chi connectivity index (χ4v) is 3.60. The fraction of sp³-hybridized carbons (Fsp3) is 0.667. The first-order chi connectivity index (χ1) is 13.8. The number of pyridine rings is 1. The van der Waals surface area contributed by atoms with Gasteiger partial charge in [0.15, 0.2) is 0 Å². The van der Waals surface area contributed by atoms with Gasteiger partial charge in [-0.15, -0.1) is 0 Å². The van der Waals surface area contributed by atoms with Gasteiger partial charge >= 0.3 is 0 Å². The maximum absolute atomic E-state index is 11.1. The quantitative estimate of drug-likeness (QED) is 0.728. The van der Waals surface area contributed by atoms with Crippen molar-refractivity contribution in [2.45, 2.75) is 77.7 Å². The molecule has 0 saturated heterocycles. The molecule has 29 heavy (non-hydrogen) atoms. The summed E-state index contributed by atoms with van der Waals surface area (Å²) in [4.78, 5) is 20.0. The molecule has 0 unspecified atom stereocenters. The molecule has 0 radical (unpaired) electrons. The minimum Gasteiger partial charge on any atom is -0.475 e. The van der Waals surface area contributed by atoms with Crippen molar-refractivity contribution in [3.8, 4) is 11.9 Å². The molecule has 1 fully saturated rings. The third-order valence-corrected chi connectivity index (χ3v) is 4.98. The minimum atomic E-state index is -0.0289. The molecule has 1 saturated carbocycles. The van der Waals surface area contributed by atoms with E-state index in [-0.39, 0.29) is 30.3 Å². The highest BCUT2D eigenvalue weighted by Gasteiger charge is 2.25. The van der Waals surface area contributed by atoms with Crippen molar-refractivity contribution < 1.29 is 19.0 Å². The van der Waals surface area contributed by atoms with Crippen LogP contribution < -0.4 is 14.8 Å². The lowest BCUT2D eigenvalue weighted by molar-refractivity contribution is -0.120. The topological polar surface area (TPSA) is 87.5 Å². The number of hydrogen-bond acceptors (Lipinski definition) is 6. The van der Waals surface area contributed by atoms with Crippen LogP contribution in [-0.4, -0.2) is 51.4 Å². The number of nitrogens with one attached hydrogen (secondary N) is 1. The van der Waals surface area contributed by atoms with E-state index in [1.807, 2.05) is 38.5 Å². The molecule has 160 valence electrons. The van der Waals surface area contributed by atoms with Crippen LogP contribution in [-0.2, 0) is 16.6 Å². The zero-order valence-electron chi connectivity index (χ0n) is 18.0. The van der Waals surface area contributed by atoms with Gasteiger partial charge in [-0.1, -0.05) is 0 Å². The van der Waals surface area contributed by atoms with E-state index in [1.165, 1.54) is 6.92 Å². The fourth-order valence-electron chi connectivity index (χ4n) is 3.60. The number of aryl methyl sites for hydroxylation is 1. The average molecular weight is 405 g/mol. The van der Waals surface area contributed by atoms with Gasteiger partial charge < -0.3 is 19.5 Å². The number of carbonyl (C=O) groups is 1. The SMILES string of the molecule is CC(=O)N[C@@H](C)COC1CCC(Oc2nc3cnc(OC(C)C)cc3n2C)CC1. The van der Waals surface area contributed by atoms with Gasteiger partial charge in [-0.25, -0.2) is 4.98 Å². The van der Waals surface area contributed by atoms with E-state index in [1.54, 1.807) is 6.20 Å². The molecule has 1 N–H and O–H groups in total. The third-order valence-electron chi connectivity index (χ3n) is 4.98. The van der Waals surface area contributed by atoms with Crippen molar-refractivity contribution in [1.82, 2.24) is 19.9 Å². The standard InChI is InChI=1S/C21H32N4O4/c1-13(2)28-20-10-19-18(11-22-20)24-21(25(19)5)29-17-8-6-16(7-9-17)27-12-14(3)23-15(4)26/h10-11,13-14,16-17H,6-9,12H2,1-5H3,(H,23,26)/t14-,16?,17?/m0/s1. The zero-order valence-corrected chi connectivity index (χ0v) is 18.0. The smallest absolute Gasteiger partial charge is 0.297 e. The molecule has 2 heterocycles. The zero-order chi connectivity index (χ0) is 21.0. The molecule has 8 heteroatoms. The van der Waals surface area contributed by atoms with Crippen LogP contribution in [0.15, 0.2) is 12.3 Å². The lowest BCUT2D eigenvalue weighted by atomic mass is 9.95. The first-order valence-corrected chi connectivity index (χ1v) is 10.4. The van der Waals surface area contributed by atoms with Crippen LogP contribution in [0.25, 0.3) is 11.0 Å². The maximum Gasteiger partial charge on any atom is 0.297 e. The van der Waals surface area contributed by atoms with Crippen LogP contribution in [0.1, 0.15) is 53.4 Å². The van der Waals surface area contributed by atoms with Crippen LogP contribution >= 0.6 is 0 Å². The summed E-state index contributed by atoms with van der Waals surface area (Å²) < 4.78 is 19.8. The molecule has 1 amide bonds. The Morgan fingerprint density at radius 2 is 1.93 bits per heavy atom.